The van der Waals surface area contributed by atoms with Gasteiger partial charge in [0, 0.05) is 11.5 Å². The summed E-state index contributed by atoms with van der Waals surface area (Å²) in [5.74, 6) is -1.05. The normalized spacial score (nSPS) is 12.1. The molecule has 0 fully saturated rings. The zero-order chi connectivity index (χ0) is 10.6. The van der Waals surface area contributed by atoms with Crippen molar-refractivity contribution in [3.05, 3.63) is 0 Å². The monoisotopic (exact) mass is 211 g/mol. The van der Waals surface area contributed by atoms with Crippen LogP contribution in [0.3, 0.4) is 0 Å². The smallest absolute Gasteiger partial charge is 0.243 e. The Kier molecular flexibility index (Phi) is 3.48. The van der Waals surface area contributed by atoms with Crippen molar-refractivity contribution in [2.75, 3.05) is 5.32 Å². The van der Waals surface area contributed by atoms with Crippen molar-refractivity contribution in [2.45, 2.75) is 13.8 Å². The highest BCUT2D eigenvalue weighted by Gasteiger charge is 2.22. The molecular formula is C7H9N5OS. The number of carbonyl (C=O) groups excluding carboxylic acids is 1. The van der Waals surface area contributed by atoms with Gasteiger partial charge >= 0.3 is 0 Å². The molecule has 0 radical (unpaired) electrons. The van der Waals surface area contributed by atoms with Crippen molar-refractivity contribution < 1.29 is 4.79 Å². The van der Waals surface area contributed by atoms with Gasteiger partial charge in [0.15, 0.2) is 0 Å². The Morgan fingerprint density at radius 1 is 1.64 bits per heavy atom. The number of nitrogens with zero attached hydrogens (tertiary/aromatic N) is 4. The van der Waals surface area contributed by atoms with Crippen LogP contribution in [0.4, 0.5) is 5.13 Å². The number of carbonyl (C=O) groups is 1. The van der Waals surface area contributed by atoms with E-state index in [1.807, 2.05) is 19.9 Å². The minimum Gasteiger partial charge on any atom is -0.298 e. The van der Waals surface area contributed by atoms with Gasteiger partial charge in [-0.1, -0.05) is 23.4 Å². The largest absolute Gasteiger partial charge is 0.298 e. The van der Waals surface area contributed by atoms with Gasteiger partial charge in [-0.25, -0.2) is 0 Å². The number of rotatable bonds is 3. The Hall–Kier alpha value is -1.55. The van der Waals surface area contributed by atoms with Crippen LogP contribution in [-0.4, -0.2) is 20.7 Å². The summed E-state index contributed by atoms with van der Waals surface area (Å²) in [5.41, 5.74) is 0. The van der Waals surface area contributed by atoms with E-state index in [-0.39, 0.29) is 11.8 Å². The minimum absolute atomic E-state index is 0.0270. The van der Waals surface area contributed by atoms with E-state index in [0.29, 0.717) is 5.13 Å². The lowest BCUT2D eigenvalue weighted by Crippen LogP contribution is -2.25. The molecule has 0 spiro atoms. The average molecular weight is 211 g/mol. The fraction of sp³-hybridized carbons (Fsp3) is 0.571. The zero-order valence-corrected chi connectivity index (χ0v) is 8.58. The number of anilines is 1. The summed E-state index contributed by atoms with van der Waals surface area (Å²) >= 11 is 0.977. The Morgan fingerprint density at radius 2 is 2.36 bits per heavy atom. The average Bonchev–Trinajstić information content (AvgIpc) is 2.57. The van der Waals surface area contributed by atoms with Crippen molar-refractivity contribution in [1.82, 2.24) is 14.8 Å². The number of aromatic nitrogens is 3. The van der Waals surface area contributed by atoms with Crippen LogP contribution in [0.1, 0.15) is 13.8 Å². The molecule has 1 amide bonds. The molecule has 0 saturated carbocycles. The second-order valence-corrected chi connectivity index (χ2v) is 3.74. The van der Waals surface area contributed by atoms with Crippen LogP contribution in [0.5, 0.6) is 0 Å². The molecule has 1 heterocycles. The van der Waals surface area contributed by atoms with Crippen molar-refractivity contribution in [3.63, 3.8) is 0 Å². The molecule has 6 nitrogen and oxygen atoms in total. The molecule has 1 atom stereocenters. The van der Waals surface area contributed by atoms with E-state index in [9.17, 15) is 4.79 Å². The van der Waals surface area contributed by atoms with Gasteiger partial charge < -0.3 is 0 Å². The summed E-state index contributed by atoms with van der Waals surface area (Å²) in [6.45, 7) is 3.62. The second kappa shape index (κ2) is 4.62. The highest BCUT2D eigenvalue weighted by molar-refractivity contribution is 7.09. The van der Waals surface area contributed by atoms with Crippen molar-refractivity contribution in [3.8, 4) is 6.07 Å². The number of hydrogen-bond donors (Lipinski definition) is 1. The Labute approximate surface area is 85.1 Å². The van der Waals surface area contributed by atoms with E-state index in [1.54, 1.807) is 0 Å². The topological polar surface area (TPSA) is 91.6 Å². The highest BCUT2D eigenvalue weighted by Crippen LogP contribution is 2.13. The van der Waals surface area contributed by atoms with Gasteiger partial charge in [0.1, 0.15) is 5.92 Å². The van der Waals surface area contributed by atoms with Gasteiger partial charge in [-0.05, 0) is 11.1 Å². The third-order valence-electron chi connectivity index (χ3n) is 1.62. The summed E-state index contributed by atoms with van der Waals surface area (Å²) < 4.78 is 3.49. The molecule has 0 aliphatic heterocycles. The lowest BCUT2D eigenvalue weighted by molar-refractivity contribution is -0.119. The van der Waals surface area contributed by atoms with E-state index < -0.39 is 5.92 Å². The van der Waals surface area contributed by atoms with E-state index in [1.165, 1.54) is 0 Å². The number of nitrogens with one attached hydrogen (secondary N) is 1. The van der Waals surface area contributed by atoms with E-state index in [0.717, 1.165) is 11.5 Å². The predicted molar refractivity (Wildman–Crippen MR) is 50.3 cm³/mol. The maximum absolute atomic E-state index is 11.5. The van der Waals surface area contributed by atoms with Crippen LogP contribution in [0.15, 0.2) is 0 Å². The Morgan fingerprint density at radius 3 is 2.79 bits per heavy atom. The molecule has 0 aliphatic carbocycles. The predicted octanol–water partition coefficient (Wildman–Crippen LogP) is 0.667. The van der Waals surface area contributed by atoms with E-state index in [2.05, 4.69) is 20.1 Å². The summed E-state index contributed by atoms with van der Waals surface area (Å²) in [4.78, 5) is 11.5. The number of hydrogen-bond acceptors (Lipinski definition) is 6. The minimum atomic E-state index is -0.668. The van der Waals surface area contributed by atoms with Gasteiger partial charge in [0.2, 0.25) is 11.0 Å². The van der Waals surface area contributed by atoms with Crippen LogP contribution in [0.2, 0.25) is 0 Å². The van der Waals surface area contributed by atoms with E-state index in [4.69, 9.17) is 5.26 Å². The molecule has 7 heteroatoms. The molecule has 0 bridgehead atoms. The third kappa shape index (κ3) is 2.47. The lowest BCUT2D eigenvalue weighted by atomic mass is 9.97. The van der Waals surface area contributed by atoms with Crippen LogP contribution < -0.4 is 5.32 Å². The molecule has 74 valence electrons. The van der Waals surface area contributed by atoms with Crippen molar-refractivity contribution in [1.29, 1.82) is 5.26 Å². The number of nitriles is 1. The third-order valence-corrected chi connectivity index (χ3v) is 2.13. The maximum atomic E-state index is 11.5. The summed E-state index contributed by atoms with van der Waals surface area (Å²) in [6.07, 6.45) is 0. The van der Waals surface area contributed by atoms with Crippen LogP contribution in [0, 0.1) is 23.2 Å². The Balaban J connectivity index is 2.62. The molecular weight excluding hydrogens is 202 g/mol. The highest BCUT2D eigenvalue weighted by atomic mass is 32.1. The zero-order valence-electron chi connectivity index (χ0n) is 7.76. The molecule has 0 saturated heterocycles. The van der Waals surface area contributed by atoms with Gasteiger partial charge in [-0.2, -0.15) is 5.26 Å². The molecule has 1 unspecified atom stereocenters. The van der Waals surface area contributed by atoms with Crippen LogP contribution in [0.25, 0.3) is 0 Å². The Bertz CT molecular complexity index is 341. The summed E-state index contributed by atoms with van der Waals surface area (Å²) in [6, 6.07) is 1.94. The first-order valence-electron chi connectivity index (χ1n) is 4.00. The first kappa shape index (κ1) is 10.5. The van der Waals surface area contributed by atoms with E-state index >= 15 is 0 Å². The maximum Gasteiger partial charge on any atom is 0.243 e. The van der Waals surface area contributed by atoms with Crippen LogP contribution >= 0.6 is 11.5 Å². The van der Waals surface area contributed by atoms with Gasteiger partial charge in [-0.3, -0.25) is 10.1 Å². The summed E-state index contributed by atoms with van der Waals surface area (Å²) in [5, 5.41) is 18.4. The molecule has 1 rings (SSSR count). The molecule has 1 aromatic rings. The van der Waals surface area contributed by atoms with Crippen molar-refractivity contribution >= 4 is 22.6 Å². The standard InChI is InChI=1S/C7H9N5OS/c1-4(2)5(3-8)6(13)9-7-10-11-12-14-7/h4-5H,1-2H3,(H,9,10,12,13). The SMILES string of the molecule is CC(C)C(C#N)C(=O)Nc1nnns1. The molecule has 1 N–H and O–H groups in total. The van der Waals surface area contributed by atoms with Crippen molar-refractivity contribution in [2.24, 2.45) is 11.8 Å². The van der Waals surface area contributed by atoms with Gasteiger partial charge in [-0.15, -0.1) is 0 Å². The molecule has 1 aromatic heterocycles. The second-order valence-electron chi connectivity index (χ2n) is 3.01. The molecule has 0 aliphatic rings. The quantitative estimate of drug-likeness (QED) is 0.793. The lowest BCUT2D eigenvalue weighted by Gasteiger charge is -2.10. The molecule has 14 heavy (non-hydrogen) atoms. The molecule has 0 aromatic carbocycles. The summed E-state index contributed by atoms with van der Waals surface area (Å²) in [7, 11) is 0. The fourth-order valence-corrected chi connectivity index (χ4v) is 1.25. The number of amides is 1. The first-order chi connectivity index (χ1) is 6.65. The van der Waals surface area contributed by atoms with Gasteiger partial charge in [0.25, 0.3) is 0 Å². The fourth-order valence-electron chi connectivity index (χ4n) is 0.875. The first-order valence-corrected chi connectivity index (χ1v) is 4.78. The van der Waals surface area contributed by atoms with Crippen LogP contribution in [-0.2, 0) is 4.79 Å². The van der Waals surface area contributed by atoms with Gasteiger partial charge in [0.05, 0.1) is 6.07 Å².